The SMILES string of the molecule is NS(=O)(=O)c1cc(C(=O)OCc2nc3ccccc3s2)ccc1Cl. The van der Waals surface area contributed by atoms with Crippen LogP contribution in [0.5, 0.6) is 0 Å². The number of rotatable bonds is 4. The summed E-state index contributed by atoms with van der Waals surface area (Å²) >= 11 is 7.20. The molecule has 0 saturated carbocycles. The van der Waals surface area contributed by atoms with E-state index in [1.165, 1.54) is 23.5 Å². The summed E-state index contributed by atoms with van der Waals surface area (Å²) in [4.78, 5) is 16.1. The van der Waals surface area contributed by atoms with Gasteiger partial charge in [-0.2, -0.15) is 0 Å². The summed E-state index contributed by atoms with van der Waals surface area (Å²) in [5.74, 6) is -0.684. The van der Waals surface area contributed by atoms with Crippen LogP contribution in [0.15, 0.2) is 47.4 Å². The number of fused-ring (bicyclic) bond motifs is 1. The molecule has 9 heteroatoms. The molecule has 0 atom stereocenters. The van der Waals surface area contributed by atoms with Gasteiger partial charge in [0.2, 0.25) is 10.0 Å². The number of hydrogen-bond acceptors (Lipinski definition) is 6. The first-order valence-electron chi connectivity index (χ1n) is 6.68. The van der Waals surface area contributed by atoms with Gasteiger partial charge in [0.15, 0.2) is 0 Å². The third-order valence-electron chi connectivity index (χ3n) is 3.14. The highest BCUT2D eigenvalue weighted by molar-refractivity contribution is 7.89. The minimum Gasteiger partial charge on any atom is -0.455 e. The second-order valence-corrected chi connectivity index (χ2v) is 7.89. The molecule has 0 saturated heterocycles. The normalized spacial score (nSPS) is 11.6. The molecule has 0 aliphatic carbocycles. The van der Waals surface area contributed by atoms with Gasteiger partial charge in [0.1, 0.15) is 16.5 Å². The van der Waals surface area contributed by atoms with E-state index < -0.39 is 16.0 Å². The smallest absolute Gasteiger partial charge is 0.338 e. The van der Waals surface area contributed by atoms with E-state index in [1.54, 1.807) is 0 Å². The molecule has 0 aliphatic rings. The number of sulfonamides is 1. The number of primary sulfonamides is 1. The summed E-state index contributed by atoms with van der Waals surface area (Å²) in [6.45, 7) is -0.00842. The van der Waals surface area contributed by atoms with E-state index in [4.69, 9.17) is 21.5 Å². The molecule has 0 bridgehead atoms. The fourth-order valence-corrected chi connectivity index (χ4v) is 3.99. The first kappa shape index (κ1) is 16.8. The Hall–Kier alpha value is -2.00. The molecule has 0 amide bonds. The lowest BCUT2D eigenvalue weighted by Crippen LogP contribution is -2.14. The number of carbonyl (C=O) groups is 1. The molecule has 1 aromatic heterocycles. The van der Waals surface area contributed by atoms with Crippen molar-refractivity contribution in [1.29, 1.82) is 0 Å². The van der Waals surface area contributed by atoms with Gasteiger partial charge in [0.05, 0.1) is 20.8 Å². The zero-order valence-electron chi connectivity index (χ0n) is 12.1. The molecule has 0 unspecified atom stereocenters. The molecule has 2 aromatic carbocycles. The van der Waals surface area contributed by atoms with Gasteiger partial charge >= 0.3 is 5.97 Å². The van der Waals surface area contributed by atoms with Crippen molar-refractivity contribution in [1.82, 2.24) is 4.98 Å². The molecular formula is C15H11ClN2O4S2. The van der Waals surface area contributed by atoms with E-state index in [0.29, 0.717) is 5.01 Å². The van der Waals surface area contributed by atoms with Crippen LogP contribution in [0, 0.1) is 0 Å². The fourth-order valence-electron chi connectivity index (χ4n) is 2.04. The summed E-state index contributed by atoms with van der Waals surface area (Å²) < 4.78 is 29.1. The van der Waals surface area contributed by atoms with Crippen molar-refractivity contribution in [3.8, 4) is 0 Å². The van der Waals surface area contributed by atoms with Crippen molar-refractivity contribution >= 4 is 49.1 Å². The van der Waals surface area contributed by atoms with E-state index >= 15 is 0 Å². The Morgan fingerprint density at radius 2 is 2.00 bits per heavy atom. The lowest BCUT2D eigenvalue weighted by atomic mass is 10.2. The van der Waals surface area contributed by atoms with Crippen molar-refractivity contribution < 1.29 is 17.9 Å². The largest absolute Gasteiger partial charge is 0.455 e. The number of para-hydroxylation sites is 1. The van der Waals surface area contributed by atoms with Gasteiger partial charge in [-0.25, -0.2) is 23.3 Å². The number of carbonyl (C=O) groups excluding carboxylic acids is 1. The molecule has 0 aliphatic heterocycles. The summed E-state index contributed by atoms with van der Waals surface area (Å²) in [5, 5.41) is 5.65. The number of esters is 1. The molecular weight excluding hydrogens is 372 g/mol. The van der Waals surface area contributed by atoms with E-state index in [-0.39, 0.29) is 22.1 Å². The number of aromatic nitrogens is 1. The molecule has 24 heavy (non-hydrogen) atoms. The lowest BCUT2D eigenvalue weighted by molar-refractivity contribution is 0.0472. The summed E-state index contributed by atoms with van der Waals surface area (Å²) in [6, 6.07) is 11.3. The highest BCUT2D eigenvalue weighted by Crippen LogP contribution is 2.24. The van der Waals surface area contributed by atoms with Crippen LogP contribution in [0.1, 0.15) is 15.4 Å². The van der Waals surface area contributed by atoms with E-state index in [2.05, 4.69) is 4.98 Å². The number of ether oxygens (including phenoxy) is 1. The third kappa shape index (κ3) is 3.57. The molecule has 3 rings (SSSR count). The van der Waals surface area contributed by atoms with Crippen LogP contribution >= 0.6 is 22.9 Å². The highest BCUT2D eigenvalue weighted by Gasteiger charge is 2.17. The predicted octanol–water partition coefficient (Wildman–Crippen LogP) is 2.95. The Morgan fingerprint density at radius 1 is 1.25 bits per heavy atom. The van der Waals surface area contributed by atoms with Gasteiger partial charge in [-0.3, -0.25) is 0 Å². The molecule has 0 spiro atoms. The van der Waals surface area contributed by atoms with Gasteiger partial charge in [-0.15, -0.1) is 11.3 Å². The first-order valence-corrected chi connectivity index (χ1v) is 9.42. The standard InChI is InChI=1S/C15H11ClN2O4S2/c16-10-6-5-9(7-13(10)24(17,20)21)15(19)22-8-14-18-11-3-1-2-4-12(11)23-14/h1-7H,8H2,(H2,17,20,21). The Labute approximate surface area is 146 Å². The van der Waals surface area contributed by atoms with Crippen molar-refractivity contribution in [3.05, 3.63) is 58.1 Å². The fraction of sp³-hybridized carbons (Fsp3) is 0.0667. The number of benzene rings is 2. The minimum atomic E-state index is -4.02. The average Bonchev–Trinajstić information content (AvgIpc) is 2.94. The average molecular weight is 383 g/mol. The summed E-state index contributed by atoms with van der Waals surface area (Å²) in [6.07, 6.45) is 0. The second kappa shape index (κ2) is 6.48. The van der Waals surface area contributed by atoms with Gasteiger partial charge in [0, 0.05) is 0 Å². The Bertz CT molecular complexity index is 998. The van der Waals surface area contributed by atoms with Crippen LogP contribution in [0.25, 0.3) is 10.2 Å². The van der Waals surface area contributed by atoms with Crippen molar-refractivity contribution in [2.75, 3.05) is 0 Å². The van der Waals surface area contributed by atoms with Gasteiger partial charge in [0.25, 0.3) is 0 Å². The molecule has 0 fully saturated rings. The monoisotopic (exact) mass is 382 g/mol. The van der Waals surface area contributed by atoms with Crippen LogP contribution in [-0.2, 0) is 21.4 Å². The van der Waals surface area contributed by atoms with Crippen molar-refractivity contribution in [2.45, 2.75) is 11.5 Å². The number of hydrogen-bond donors (Lipinski definition) is 1. The number of nitrogens with zero attached hydrogens (tertiary/aromatic N) is 1. The van der Waals surface area contributed by atoms with E-state index in [1.807, 2.05) is 24.3 Å². The number of halogens is 1. The third-order valence-corrected chi connectivity index (χ3v) is 5.54. The minimum absolute atomic E-state index is 0.00842. The van der Waals surface area contributed by atoms with E-state index in [9.17, 15) is 13.2 Å². The zero-order valence-corrected chi connectivity index (χ0v) is 14.5. The maximum Gasteiger partial charge on any atom is 0.338 e. The van der Waals surface area contributed by atoms with Crippen LogP contribution in [0.4, 0.5) is 0 Å². The molecule has 124 valence electrons. The molecule has 2 N–H and O–H groups in total. The Balaban J connectivity index is 1.77. The number of thiazole rings is 1. The molecule has 3 aromatic rings. The Morgan fingerprint density at radius 3 is 2.71 bits per heavy atom. The van der Waals surface area contributed by atoms with Crippen molar-refractivity contribution in [3.63, 3.8) is 0 Å². The maximum atomic E-state index is 12.1. The van der Waals surface area contributed by atoms with Crippen molar-refractivity contribution in [2.24, 2.45) is 5.14 Å². The van der Waals surface area contributed by atoms with E-state index in [0.717, 1.165) is 16.3 Å². The summed E-state index contributed by atoms with van der Waals surface area (Å²) in [7, 11) is -4.02. The van der Waals surface area contributed by atoms with Gasteiger partial charge in [-0.1, -0.05) is 23.7 Å². The van der Waals surface area contributed by atoms with Crippen LogP contribution in [0.2, 0.25) is 5.02 Å². The van der Waals surface area contributed by atoms with Gasteiger partial charge in [-0.05, 0) is 30.3 Å². The topological polar surface area (TPSA) is 99.4 Å². The molecule has 6 nitrogen and oxygen atoms in total. The lowest BCUT2D eigenvalue weighted by Gasteiger charge is -2.06. The first-order chi connectivity index (χ1) is 11.3. The molecule has 1 heterocycles. The van der Waals surface area contributed by atoms with Crippen LogP contribution in [-0.4, -0.2) is 19.4 Å². The second-order valence-electron chi connectivity index (χ2n) is 4.84. The summed E-state index contributed by atoms with van der Waals surface area (Å²) in [5.41, 5.74) is 0.876. The molecule has 0 radical (unpaired) electrons. The Kier molecular flexibility index (Phi) is 4.55. The quantitative estimate of drug-likeness (QED) is 0.699. The van der Waals surface area contributed by atoms with Crippen LogP contribution < -0.4 is 5.14 Å². The zero-order chi connectivity index (χ0) is 17.3. The number of nitrogens with two attached hydrogens (primary N) is 1. The maximum absolute atomic E-state index is 12.1. The highest BCUT2D eigenvalue weighted by atomic mass is 35.5. The van der Waals surface area contributed by atoms with Gasteiger partial charge < -0.3 is 4.74 Å². The van der Waals surface area contributed by atoms with Crippen LogP contribution in [0.3, 0.4) is 0 Å². The predicted molar refractivity (Wildman–Crippen MR) is 91.6 cm³/mol.